The third-order valence-electron chi connectivity index (χ3n) is 6.84. The smallest absolute Gasteiger partial charge is 0.270 e. The molecule has 0 radical (unpaired) electrons. The second-order valence-corrected chi connectivity index (χ2v) is 9.66. The lowest BCUT2D eigenvalue weighted by Gasteiger charge is -2.29. The number of carbonyl (C=O) groups is 1. The van der Waals surface area contributed by atoms with Crippen LogP contribution in [0.5, 0.6) is 0 Å². The van der Waals surface area contributed by atoms with E-state index in [1.165, 1.54) is 6.20 Å². The number of halogens is 2. The first kappa shape index (κ1) is 22.0. The molecule has 1 aliphatic heterocycles. The van der Waals surface area contributed by atoms with Gasteiger partial charge in [0, 0.05) is 43.4 Å². The van der Waals surface area contributed by atoms with E-state index in [1.807, 2.05) is 4.90 Å². The van der Waals surface area contributed by atoms with Crippen molar-refractivity contribution in [2.45, 2.75) is 50.4 Å². The lowest BCUT2D eigenvalue weighted by Crippen LogP contribution is -2.35. The van der Waals surface area contributed by atoms with Crippen LogP contribution in [-0.4, -0.2) is 51.1 Å². The van der Waals surface area contributed by atoms with Crippen molar-refractivity contribution in [3.05, 3.63) is 75.2 Å². The molecule has 1 amide bonds. The highest BCUT2D eigenvalue weighted by atomic mass is 19.1. The average molecular weight is 478 g/mol. The Kier molecular flexibility index (Phi) is 5.44. The Hall–Kier alpha value is -3.46. The van der Waals surface area contributed by atoms with Gasteiger partial charge < -0.3 is 10.3 Å². The number of benzene rings is 1. The van der Waals surface area contributed by atoms with E-state index in [0.29, 0.717) is 40.1 Å². The Morgan fingerprint density at radius 2 is 2.00 bits per heavy atom. The lowest BCUT2D eigenvalue weighted by molar-refractivity contribution is 0.0946. The molecule has 3 heterocycles. The minimum absolute atomic E-state index is 0.0961. The Morgan fingerprint density at radius 3 is 2.69 bits per heavy atom. The standard InChI is InChI=1S/C26H25F2N5O2/c27-19-13-33(10-9-18(19)15-3-8-21(29-11-15)25(34)30-17-5-6-17)12-16-4-7-20-24(22(16)28)32-26(35)23(31-20)14-1-2-14/h3-4,7-9,11,14,17,19H,1-2,5-6,10,12-13H2,(H,30,34)(H,32,35). The van der Waals surface area contributed by atoms with Gasteiger partial charge in [0.2, 0.25) is 0 Å². The maximum Gasteiger partial charge on any atom is 0.270 e. The van der Waals surface area contributed by atoms with Crippen LogP contribution < -0.4 is 10.9 Å². The van der Waals surface area contributed by atoms with Crippen molar-refractivity contribution in [3.8, 4) is 0 Å². The minimum Gasteiger partial charge on any atom is -0.348 e. The normalized spacial score (nSPS) is 20.6. The molecule has 1 unspecified atom stereocenters. The van der Waals surface area contributed by atoms with Crippen molar-refractivity contribution >= 4 is 22.5 Å². The lowest BCUT2D eigenvalue weighted by atomic mass is 9.98. The molecule has 2 fully saturated rings. The zero-order chi connectivity index (χ0) is 24.1. The number of fused-ring (bicyclic) bond motifs is 1. The minimum atomic E-state index is -1.28. The number of aromatic amines is 1. The molecule has 3 aliphatic rings. The average Bonchev–Trinajstić information content (AvgIpc) is 3.77. The number of rotatable bonds is 6. The second-order valence-electron chi connectivity index (χ2n) is 9.66. The third-order valence-corrected chi connectivity index (χ3v) is 6.84. The largest absolute Gasteiger partial charge is 0.348 e. The number of alkyl halides is 1. The molecule has 3 aromatic rings. The van der Waals surface area contributed by atoms with Gasteiger partial charge in [0.05, 0.1) is 5.52 Å². The topological polar surface area (TPSA) is 91.0 Å². The van der Waals surface area contributed by atoms with E-state index in [9.17, 15) is 9.59 Å². The summed E-state index contributed by atoms with van der Waals surface area (Å²) in [6.07, 6.45) is 5.89. The summed E-state index contributed by atoms with van der Waals surface area (Å²) in [7, 11) is 0. The summed E-state index contributed by atoms with van der Waals surface area (Å²) in [6, 6.07) is 6.93. The van der Waals surface area contributed by atoms with E-state index in [-0.39, 0.29) is 42.0 Å². The van der Waals surface area contributed by atoms with Gasteiger partial charge in [0.1, 0.15) is 23.1 Å². The Balaban J connectivity index is 1.16. The number of hydrogen-bond donors (Lipinski definition) is 2. The van der Waals surface area contributed by atoms with Gasteiger partial charge in [0.15, 0.2) is 5.82 Å². The molecule has 2 N–H and O–H groups in total. The number of carbonyl (C=O) groups excluding carboxylic acids is 1. The van der Waals surface area contributed by atoms with E-state index in [1.54, 1.807) is 30.3 Å². The highest BCUT2D eigenvalue weighted by molar-refractivity contribution is 5.92. The monoisotopic (exact) mass is 477 g/mol. The van der Waals surface area contributed by atoms with Crippen molar-refractivity contribution in [2.24, 2.45) is 0 Å². The van der Waals surface area contributed by atoms with E-state index < -0.39 is 12.0 Å². The van der Waals surface area contributed by atoms with Crippen LogP contribution in [0.3, 0.4) is 0 Å². The van der Waals surface area contributed by atoms with Crippen LogP contribution in [0.25, 0.3) is 16.6 Å². The molecule has 1 atom stereocenters. The fourth-order valence-corrected chi connectivity index (χ4v) is 4.54. The molecule has 180 valence electrons. The Morgan fingerprint density at radius 1 is 1.17 bits per heavy atom. The summed E-state index contributed by atoms with van der Waals surface area (Å²) < 4.78 is 30.3. The molecular weight excluding hydrogens is 452 g/mol. The molecule has 0 bridgehead atoms. The first-order chi connectivity index (χ1) is 17.0. The number of H-pyrrole nitrogens is 1. The molecule has 1 aromatic carbocycles. The summed E-state index contributed by atoms with van der Waals surface area (Å²) in [5.74, 6) is -0.561. The van der Waals surface area contributed by atoms with E-state index in [0.717, 1.165) is 25.7 Å². The van der Waals surface area contributed by atoms with Gasteiger partial charge in [0.25, 0.3) is 11.5 Å². The van der Waals surface area contributed by atoms with Gasteiger partial charge in [-0.05, 0) is 49.0 Å². The number of amides is 1. The van der Waals surface area contributed by atoms with E-state index >= 15 is 8.78 Å². The van der Waals surface area contributed by atoms with Crippen molar-refractivity contribution in [1.82, 2.24) is 25.2 Å². The van der Waals surface area contributed by atoms with Crippen LogP contribution in [0.15, 0.2) is 41.3 Å². The molecule has 9 heteroatoms. The van der Waals surface area contributed by atoms with Gasteiger partial charge in [-0.3, -0.25) is 19.5 Å². The van der Waals surface area contributed by atoms with Gasteiger partial charge in [-0.25, -0.2) is 13.8 Å². The number of nitrogens with zero attached hydrogens (tertiary/aromatic N) is 3. The fourth-order valence-electron chi connectivity index (χ4n) is 4.54. The maximum absolute atomic E-state index is 15.2. The highest BCUT2D eigenvalue weighted by Gasteiger charge is 2.29. The van der Waals surface area contributed by atoms with Gasteiger partial charge in [-0.1, -0.05) is 18.2 Å². The molecule has 2 saturated carbocycles. The van der Waals surface area contributed by atoms with Gasteiger partial charge >= 0.3 is 0 Å². The van der Waals surface area contributed by atoms with E-state index in [2.05, 4.69) is 20.3 Å². The summed E-state index contributed by atoms with van der Waals surface area (Å²) >= 11 is 0. The van der Waals surface area contributed by atoms with Crippen LogP contribution in [0.1, 0.15) is 58.9 Å². The van der Waals surface area contributed by atoms with Crippen LogP contribution in [0, 0.1) is 5.82 Å². The highest BCUT2D eigenvalue weighted by Crippen LogP contribution is 2.37. The van der Waals surface area contributed by atoms with Crippen LogP contribution in [-0.2, 0) is 6.54 Å². The zero-order valence-electron chi connectivity index (χ0n) is 19.1. The second kappa shape index (κ2) is 8.64. The van der Waals surface area contributed by atoms with Crippen molar-refractivity contribution in [1.29, 1.82) is 0 Å². The van der Waals surface area contributed by atoms with Gasteiger partial charge in [-0.2, -0.15) is 0 Å². The molecule has 7 nitrogen and oxygen atoms in total. The summed E-state index contributed by atoms with van der Waals surface area (Å²) in [5.41, 5.74) is 2.51. The summed E-state index contributed by atoms with van der Waals surface area (Å²) in [4.78, 5) is 37.5. The van der Waals surface area contributed by atoms with Crippen molar-refractivity contribution in [2.75, 3.05) is 13.1 Å². The molecule has 0 saturated heterocycles. The zero-order valence-corrected chi connectivity index (χ0v) is 19.1. The molecule has 2 aliphatic carbocycles. The third kappa shape index (κ3) is 4.48. The van der Waals surface area contributed by atoms with Crippen LogP contribution in [0.2, 0.25) is 0 Å². The molecule has 6 rings (SSSR count). The molecule has 2 aromatic heterocycles. The van der Waals surface area contributed by atoms with Crippen LogP contribution in [0.4, 0.5) is 8.78 Å². The first-order valence-corrected chi connectivity index (χ1v) is 12.0. The predicted octanol–water partition coefficient (Wildman–Crippen LogP) is 3.46. The van der Waals surface area contributed by atoms with Crippen molar-refractivity contribution in [3.63, 3.8) is 0 Å². The number of aromatic nitrogens is 3. The molecule has 0 spiro atoms. The first-order valence-electron chi connectivity index (χ1n) is 12.0. The molecule has 35 heavy (non-hydrogen) atoms. The Labute approximate surface area is 200 Å². The predicted molar refractivity (Wildman–Crippen MR) is 127 cm³/mol. The van der Waals surface area contributed by atoms with Crippen molar-refractivity contribution < 1.29 is 13.6 Å². The summed E-state index contributed by atoms with van der Waals surface area (Å²) in [5, 5.41) is 2.88. The van der Waals surface area contributed by atoms with Crippen LogP contribution >= 0.6 is 0 Å². The van der Waals surface area contributed by atoms with E-state index in [4.69, 9.17) is 0 Å². The summed E-state index contributed by atoms with van der Waals surface area (Å²) in [6.45, 7) is 0.742. The molecular formula is C26H25F2N5O2. The van der Waals surface area contributed by atoms with Gasteiger partial charge in [-0.15, -0.1) is 0 Å². The Bertz CT molecular complexity index is 1390. The number of nitrogens with one attached hydrogen (secondary N) is 2. The number of hydrogen-bond acceptors (Lipinski definition) is 5. The fraction of sp³-hybridized carbons (Fsp3) is 0.385. The quantitative estimate of drug-likeness (QED) is 0.568. The number of pyridine rings is 1. The maximum atomic E-state index is 15.2. The SMILES string of the molecule is O=C(NC1CC1)c1ccc(C2=CCN(Cc3ccc4nc(C5CC5)c(=O)[nH]c4c3F)CC2F)cn1.